The number of piperidine rings is 1. The summed E-state index contributed by atoms with van der Waals surface area (Å²) in [5.41, 5.74) is 2.09. The Bertz CT molecular complexity index is 546. The predicted molar refractivity (Wildman–Crippen MR) is 96.9 cm³/mol. The number of hydrogen-bond donors (Lipinski definition) is 2. The molecule has 1 aromatic carbocycles. The van der Waals surface area contributed by atoms with E-state index >= 15 is 0 Å². The molecule has 2 bridgehead atoms. The van der Waals surface area contributed by atoms with E-state index in [9.17, 15) is 4.79 Å². The molecule has 1 amide bonds. The second-order valence-electron chi connectivity index (χ2n) is 7.72. The number of fused-ring (bicyclic) bond motifs is 2. The van der Waals surface area contributed by atoms with Crippen LogP contribution in [0.4, 0.5) is 0 Å². The molecule has 2 N–H and O–H groups in total. The van der Waals surface area contributed by atoms with Gasteiger partial charge in [-0.1, -0.05) is 29.8 Å². The molecule has 2 heterocycles. The number of nitrogens with one attached hydrogen (secondary N) is 2. The van der Waals surface area contributed by atoms with Crippen LogP contribution in [0.1, 0.15) is 57.1 Å². The molecule has 3 nitrogen and oxygen atoms in total. The van der Waals surface area contributed by atoms with Crippen LogP contribution in [0.2, 0.25) is 0 Å². The lowest BCUT2D eigenvalue weighted by molar-refractivity contribution is -0.124. The van der Waals surface area contributed by atoms with Crippen molar-refractivity contribution >= 4 is 18.3 Å². The van der Waals surface area contributed by atoms with Crippen molar-refractivity contribution in [2.75, 3.05) is 0 Å². The Kier molecular flexibility index (Phi) is 5.74. The van der Waals surface area contributed by atoms with E-state index in [-0.39, 0.29) is 23.9 Å². The first kappa shape index (κ1) is 18.3. The molecule has 2 saturated heterocycles. The molecule has 2 fully saturated rings. The zero-order valence-electron chi connectivity index (χ0n) is 14.4. The molecule has 0 saturated carbocycles. The van der Waals surface area contributed by atoms with Crippen LogP contribution in [-0.4, -0.2) is 18.0 Å². The van der Waals surface area contributed by atoms with Gasteiger partial charge in [0.05, 0.1) is 5.54 Å². The maximum absolute atomic E-state index is 12.5. The fraction of sp³-hybridized carbons (Fsp3) is 0.632. The third-order valence-corrected chi connectivity index (χ3v) is 5.24. The minimum Gasteiger partial charge on any atom is -0.347 e. The Morgan fingerprint density at radius 2 is 1.91 bits per heavy atom. The van der Waals surface area contributed by atoms with E-state index in [0.29, 0.717) is 24.4 Å². The number of rotatable bonds is 4. The van der Waals surface area contributed by atoms with Gasteiger partial charge in [0.25, 0.3) is 0 Å². The van der Waals surface area contributed by atoms with E-state index in [1.165, 1.54) is 24.0 Å². The minimum atomic E-state index is -0.311. The maximum atomic E-state index is 12.5. The van der Waals surface area contributed by atoms with Gasteiger partial charge in [0.1, 0.15) is 0 Å². The first-order chi connectivity index (χ1) is 10.4. The van der Waals surface area contributed by atoms with Crippen molar-refractivity contribution in [3.63, 3.8) is 0 Å². The van der Waals surface area contributed by atoms with E-state index in [2.05, 4.69) is 55.7 Å². The molecule has 0 aliphatic carbocycles. The molecule has 128 valence electrons. The normalized spacial score (nSPS) is 26.5. The molecule has 2 aliphatic heterocycles. The summed E-state index contributed by atoms with van der Waals surface area (Å²) in [5, 5.41) is 6.88. The molecule has 0 spiro atoms. The summed E-state index contributed by atoms with van der Waals surface area (Å²) in [7, 11) is 0. The highest BCUT2D eigenvalue weighted by atomic mass is 35.5. The van der Waals surface area contributed by atoms with Gasteiger partial charge in [-0.15, -0.1) is 12.4 Å². The van der Waals surface area contributed by atoms with Gasteiger partial charge in [0.2, 0.25) is 5.91 Å². The molecule has 23 heavy (non-hydrogen) atoms. The Morgan fingerprint density at radius 1 is 1.26 bits per heavy atom. The maximum Gasteiger partial charge on any atom is 0.220 e. The number of aryl methyl sites for hydroxylation is 1. The average molecular weight is 337 g/mol. The number of hydrogen-bond acceptors (Lipinski definition) is 2. The number of halogens is 1. The van der Waals surface area contributed by atoms with Crippen molar-refractivity contribution in [3.05, 3.63) is 35.4 Å². The number of carbonyl (C=O) groups is 1. The van der Waals surface area contributed by atoms with Gasteiger partial charge in [-0.05, 0) is 57.9 Å². The topological polar surface area (TPSA) is 41.1 Å². The Balaban J connectivity index is 0.00000192. The van der Waals surface area contributed by atoms with Gasteiger partial charge in [0.15, 0.2) is 0 Å². The Morgan fingerprint density at radius 3 is 2.52 bits per heavy atom. The van der Waals surface area contributed by atoms with Crippen molar-refractivity contribution in [2.45, 2.75) is 70.5 Å². The quantitative estimate of drug-likeness (QED) is 0.880. The molecule has 3 rings (SSSR count). The summed E-state index contributed by atoms with van der Waals surface area (Å²) in [6.07, 6.45) is 5.57. The van der Waals surface area contributed by atoms with Gasteiger partial charge >= 0.3 is 0 Å². The van der Waals surface area contributed by atoms with Gasteiger partial charge in [0, 0.05) is 18.5 Å². The van der Waals surface area contributed by atoms with E-state index in [1.807, 2.05) is 0 Å². The van der Waals surface area contributed by atoms with Gasteiger partial charge < -0.3 is 10.6 Å². The van der Waals surface area contributed by atoms with Crippen LogP contribution in [0.5, 0.6) is 0 Å². The molecule has 0 radical (unpaired) electrons. The summed E-state index contributed by atoms with van der Waals surface area (Å²) >= 11 is 0. The SMILES string of the molecule is Cc1cccc(C(C)(C)NC(=O)CC2CC3CCC(C2)N3)c1.Cl. The van der Waals surface area contributed by atoms with Crippen LogP contribution in [-0.2, 0) is 10.3 Å². The molecular weight excluding hydrogens is 308 g/mol. The molecular formula is C19H29ClN2O. The lowest BCUT2D eigenvalue weighted by atomic mass is 9.88. The monoisotopic (exact) mass is 336 g/mol. The van der Waals surface area contributed by atoms with Gasteiger partial charge in [-0.3, -0.25) is 4.79 Å². The van der Waals surface area contributed by atoms with Crippen LogP contribution in [0.15, 0.2) is 24.3 Å². The van der Waals surface area contributed by atoms with Crippen molar-refractivity contribution in [1.29, 1.82) is 0 Å². The molecule has 1 aromatic rings. The van der Waals surface area contributed by atoms with E-state index in [4.69, 9.17) is 0 Å². The molecule has 4 heteroatoms. The summed E-state index contributed by atoms with van der Waals surface area (Å²) in [5.74, 6) is 0.741. The summed E-state index contributed by atoms with van der Waals surface area (Å²) in [6, 6.07) is 9.71. The summed E-state index contributed by atoms with van der Waals surface area (Å²) < 4.78 is 0. The lowest BCUT2D eigenvalue weighted by Crippen LogP contribution is -2.44. The second kappa shape index (κ2) is 7.23. The van der Waals surface area contributed by atoms with Crippen molar-refractivity contribution in [3.8, 4) is 0 Å². The van der Waals surface area contributed by atoms with Crippen LogP contribution >= 0.6 is 12.4 Å². The third-order valence-electron chi connectivity index (χ3n) is 5.24. The van der Waals surface area contributed by atoms with Gasteiger partial charge in [-0.2, -0.15) is 0 Å². The number of benzene rings is 1. The van der Waals surface area contributed by atoms with Crippen molar-refractivity contribution in [1.82, 2.24) is 10.6 Å². The highest BCUT2D eigenvalue weighted by Crippen LogP contribution is 2.33. The number of amides is 1. The largest absolute Gasteiger partial charge is 0.347 e. The third kappa shape index (κ3) is 4.48. The van der Waals surface area contributed by atoms with Crippen molar-refractivity contribution < 1.29 is 4.79 Å². The van der Waals surface area contributed by atoms with Gasteiger partial charge in [-0.25, -0.2) is 0 Å². The van der Waals surface area contributed by atoms with E-state index < -0.39 is 0 Å². The average Bonchev–Trinajstić information content (AvgIpc) is 2.77. The first-order valence-electron chi connectivity index (χ1n) is 8.56. The van der Waals surface area contributed by atoms with E-state index in [1.54, 1.807) is 0 Å². The van der Waals surface area contributed by atoms with E-state index in [0.717, 1.165) is 12.8 Å². The Hall–Kier alpha value is -1.06. The molecule has 2 unspecified atom stereocenters. The first-order valence-corrected chi connectivity index (χ1v) is 8.56. The predicted octanol–water partition coefficient (Wildman–Crippen LogP) is 3.69. The molecule has 2 aliphatic rings. The molecule has 2 atom stereocenters. The standard InChI is InChI=1S/C19H28N2O.ClH/c1-13-5-4-6-15(9-13)19(2,3)21-18(22)12-14-10-16-7-8-17(11-14)20-16;/h4-6,9,14,16-17,20H,7-8,10-12H2,1-3H3,(H,21,22);1H. The summed E-state index contributed by atoms with van der Waals surface area (Å²) in [6.45, 7) is 6.27. The second-order valence-corrected chi connectivity index (χ2v) is 7.72. The fourth-order valence-electron chi connectivity index (χ4n) is 4.11. The zero-order chi connectivity index (χ0) is 15.7. The van der Waals surface area contributed by atoms with Crippen LogP contribution < -0.4 is 10.6 Å². The Labute approximate surface area is 146 Å². The lowest BCUT2D eigenvalue weighted by Gasteiger charge is -2.31. The van der Waals surface area contributed by atoms with Crippen LogP contribution in [0.25, 0.3) is 0 Å². The van der Waals surface area contributed by atoms with Crippen molar-refractivity contribution in [2.24, 2.45) is 5.92 Å². The number of carbonyl (C=O) groups excluding carboxylic acids is 1. The van der Waals surface area contributed by atoms with Crippen LogP contribution in [0.3, 0.4) is 0 Å². The minimum absolute atomic E-state index is 0. The van der Waals surface area contributed by atoms with Crippen LogP contribution in [0, 0.1) is 12.8 Å². The smallest absolute Gasteiger partial charge is 0.220 e. The summed E-state index contributed by atoms with van der Waals surface area (Å²) in [4.78, 5) is 12.5. The fourth-order valence-corrected chi connectivity index (χ4v) is 4.11. The molecule has 0 aromatic heterocycles. The highest BCUT2D eigenvalue weighted by Gasteiger charge is 2.34. The zero-order valence-corrected chi connectivity index (χ0v) is 15.2. The highest BCUT2D eigenvalue weighted by molar-refractivity contribution is 5.85.